The molecule has 5 unspecified atom stereocenters. The van der Waals surface area contributed by atoms with Crippen molar-refractivity contribution in [3.8, 4) is 0 Å². The van der Waals surface area contributed by atoms with E-state index >= 15 is 0 Å². The number of nitrogens with one attached hydrogen (secondary N) is 3. The molecule has 0 fully saturated rings. The lowest BCUT2D eigenvalue weighted by Gasteiger charge is -2.23. The van der Waals surface area contributed by atoms with E-state index in [4.69, 9.17) is 15.9 Å². The standard InChI is InChI=1S/C16H28N4O7S/c1-4-7(2)12(17)15(25)18-8(3)13(23)20-10(6-28)14(24)19-9(16(26)27)5-11(21)22/h7-10,12,28H,4-6,17H2,1-3H3,(H,18,25)(H,19,24)(H,20,23)(H,21,22)(H,26,27). The van der Waals surface area contributed by atoms with Gasteiger partial charge in [0.25, 0.3) is 0 Å². The van der Waals surface area contributed by atoms with E-state index in [9.17, 15) is 24.0 Å². The van der Waals surface area contributed by atoms with Crippen LogP contribution in [0.3, 0.4) is 0 Å². The number of hydrogen-bond acceptors (Lipinski definition) is 7. The van der Waals surface area contributed by atoms with Gasteiger partial charge in [-0.15, -0.1) is 0 Å². The number of nitrogens with two attached hydrogens (primary N) is 1. The van der Waals surface area contributed by atoms with Crippen LogP contribution in [0.5, 0.6) is 0 Å². The van der Waals surface area contributed by atoms with Crippen molar-refractivity contribution >= 4 is 42.3 Å². The van der Waals surface area contributed by atoms with Crippen molar-refractivity contribution in [2.75, 3.05) is 5.75 Å². The van der Waals surface area contributed by atoms with Gasteiger partial charge in [-0.3, -0.25) is 19.2 Å². The number of aliphatic carboxylic acids is 2. The van der Waals surface area contributed by atoms with Crippen LogP contribution in [0.4, 0.5) is 0 Å². The summed E-state index contributed by atoms with van der Waals surface area (Å²) in [6.07, 6.45) is -0.146. The molecule has 0 aliphatic heterocycles. The zero-order valence-corrected chi connectivity index (χ0v) is 16.9. The molecule has 0 bridgehead atoms. The Labute approximate surface area is 168 Å². The van der Waals surface area contributed by atoms with Crippen molar-refractivity contribution in [3.05, 3.63) is 0 Å². The quantitative estimate of drug-likeness (QED) is 0.182. The molecule has 0 saturated heterocycles. The SMILES string of the molecule is CCC(C)C(N)C(=O)NC(C)C(=O)NC(CS)C(=O)NC(CC(=O)O)C(=O)O. The first kappa shape index (κ1) is 25.7. The number of rotatable bonds is 12. The van der Waals surface area contributed by atoms with Gasteiger partial charge < -0.3 is 31.9 Å². The molecule has 12 heteroatoms. The summed E-state index contributed by atoms with van der Waals surface area (Å²) >= 11 is 3.94. The molecule has 0 rings (SSSR count). The molecule has 5 atom stereocenters. The molecular formula is C16H28N4O7S. The van der Waals surface area contributed by atoms with Crippen LogP contribution >= 0.6 is 12.6 Å². The van der Waals surface area contributed by atoms with Crippen LogP contribution in [-0.4, -0.2) is 69.8 Å². The van der Waals surface area contributed by atoms with Crippen molar-refractivity contribution in [3.63, 3.8) is 0 Å². The molecule has 0 saturated carbocycles. The van der Waals surface area contributed by atoms with Gasteiger partial charge in [-0.1, -0.05) is 20.3 Å². The van der Waals surface area contributed by atoms with Gasteiger partial charge in [-0.05, 0) is 12.8 Å². The average molecular weight is 420 g/mol. The maximum absolute atomic E-state index is 12.2. The largest absolute Gasteiger partial charge is 0.481 e. The molecule has 0 aromatic carbocycles. The van der Waals surface area contributed by atoms with Crippen molar-refractivity contribution < 1.29 is 34.2 Å². The molecule has 11 nitrogen and oxygen atoms in total. The van der Waals surface area contributed by atoms with Crippen molar-refractivity contribution in [1.29, 1.82) is 0 Å². The van der Waals surface area contributed by atoms with E-state index in [0.717, 1.165) is 0 Å². The Morgan fingerprint density at radius 2 is 1.46 bits per heavy atom. The fourth-order valence-corrected chi connectivity index (χ4v) is 2.28. The number of amides is 3. The van der Waals surface area contributed by atoms with Crippen LogP contribution in [0.1, 0.15) is 33.6 Å². The van der Waals surface area contributed by atoms with E-state index < -0.39 is 60.2 Å². The third-order valence-electron chi connectivity index (χ3n) is 4.12. The van der Waals surface area contributed by atoms with E-state index in [1.165, 1.54) is 6.92 Å². The van der Waals surface area contributed by atoms with Gasteiger partial charge in [0.2, 0.25) is 17.7 Å². The lowest BCUT2D eigenvalue weighted by Crippen LogP contribution is -2.57. The zero-order chi connectivity index (χ0) is 22.0. The molecule has 28 heavy (non-hydrogen) atoms. The van der Waals surface area contributed by atoms with E-state index in [1.54, 1.807) is 6.92 Å². The minimum absolute atomic E-state index is 0.0894. The fraction of sp³-hybridized carbons (Fsp3) is 0.688. The highest BCUT2D eigenvalue weighted by atomic mass is 32.1. The Morgan fingerprint density at radius 1 is 0.929 bits per heavy atom. The van der Waals surface area contributed by atoms with E-state index in [2.05, 4.69) is 23.3 Å². The zero-order valence-electron chi connectivity index (χ0n) is 16.0. The molecular weight excluding hydrogens is 392 g/mol. The van der Waals surface area contributed by atoms with Crippen molar-refractivity contribution in [2.24, 2.45) is 11.7 Å². The molecule has 0 aromatic heterocycles. The summed E-state index contributed by atoms with van der Waals surface area (Å²) in [5.41, 5.74) is 5.79. The predicted octanol–water partition coefficient (Wildman–Crippen LogP) is -1.68. The highest BCUT2D eigenvalue weighted by molar-refractivity contribution is 7.80. The highest BCUT2D eigenvalue weighted by Gasteiger charge is 2.29. The highest BCUT2D eigenvalue weighted by Crippen LogP contribution is 2.05. The van der Waals surface area contributed by atoms with Gasteiger partial charge in [-0.2, -0.15) is 12.6 Å². The lowest BCUT2D eigenvalue weighted by molar-refractivity contribution is -0.147. The van der Waals surface area contributed by atoms with Crippen LogP contribution in [0.15, 0.2) is 0 Å². The second kappa shape index (κ2) is 12.2. The molecule has 160 valence electrons. The first-order chi connectivity index (χ1) is 12.9. The van der Waals surface area contributed by atoms with Gasteiger partial charge in [0.1, 0.15) is 18.1 Å². The number of carbonyl (C=O) groups is 5. The average Bonchev–Trinajstić information content (AvgIpc) is 2.62. The van der Waals surface area contributed by atoms with Crippen molar-refractivity contribution in [1.82, 2.24) is 16.0 Å². The summed E-state index contributed by atoms with van der Waals surface area (Å²) in [4.78, 5) is 58.1. The lowest BCUT2D eigenvalue weighted by atomic mass is 9.99. The third kappa shape index (κ3) is 8.57. The summed E-state index contributed by atoms with van der Waals surface area (Å²) in [6, 6.07) is -4.69. The number of carbonyl (C=O) groups excluding carboxylic acids is 3. The Kier molecular flexibility index (Phi) is 11.2. The minimum Gasteiger partial charge on any atom is -0.481 e. The van der Waals surface area contributed by atoms with Gasteiger partial charge in [-0.25, -0.2) is 4.79 Å². The third-order valence-corrected chi connectivity index (χ3v) is 4.49. The van der Waals surface area contributed by atoms with Crippen LogP contribution in [0.25, 0.3) is 0 Å². The molecule has 0 spiro atoms. The number of thiol groups is 1. The van der Waals surface area contributed by atoms with Gasteiger partial charge in [0, 0.05) is 5.75 Å². The summed E-state index contributed by atoms with van der Waals surface area (Å²) in [5.74, 6) is -5.34. The summed E-state index contributed by atoms with van der Waals surface area (Å²) < 4.78 is 0. The summed E-state index contributed by atoms with van der Waals surface area (Å²) in [5, 5.41) is 24.5. The first-order valence-corrected chi connectivity index (χ1v) is 9.29. The number of carboxylic acid groups (broad SMARTS) is 2. The molecule has 0 aliphatic rings. The fourth-order valence-electron chi connectivity index (χ4n) is 2.03. The summed E-state index contributed by atoms with van der Waals surface area (Å²) in [7, 11) is 0. The van der Waals surface area contributed by atoms with Crippen LogP contribution in [0, 0.1) is 5.92 Å². The summed E-state index contributed by atoms with van der Waals surface area (Å²) in [6.45, 7) is 5.07. The number of hydrogen-bond donors (Lipinski definition) is 7. The first-order valence-electron chi connectivity index (χ1n) is 8.66. The van der Waals surface area contributed by atoms with E-state index in [0.29, 0.717) is 6.42 Å². The van der Waals surface area contributed by atoms with Crippen LogP contribution in [0.2, 0.25) is 0 Å². The van der Waals surface area contributed by atoms with E-state index in [1.807, 2.05) is 12.2 Å². The topological polar surface area (TPSA) is 188 Å². The monoisotopic (exact) mass is 420 g/mol. The molecule has 0 heterocycles. The molecule has 0 radical (unpaired) electrons. The second-order valence-electron chi connectivity index (χ2n) is 6.38. The maximum atomic E-state index is 12.2. The minimum atomic E-state index is -1.66. The van der Waals surface area contributed by atoms with Gasteiger partial charge >= 0.3 is 11.9 Å². The Morgan fingerprint density at radius 3 is 1.89 bits per heavy atom. The van der Waals surface area contributed by atoms with E-state index in [-0.39, 0.29) is 11.7 Å². The van der Waals surface area contributed by atoms with Crippen molar-refractivity contribution in [2.45, 2.75) is 57.8 Å². The Balaban J connectivity index is 4.88. The molecule has 7 N–H and O–H groups in total. The van der Waals surface area contributed by atoms with Gasteiger partial charge in [0.05, 0.1) is 12.5 Å². The molecule has 0 aromatic rings. The van der Waals surface area contributed by atoms with Gasteiger partial charge in [0.15, 0.2) is 0 Å². The van der Waals surface area contributed by atoms with Crippen LogP contribution in [-0.2, 0) is 24.0 Å². The Hall–Kier alpha value is -2.34. The Bertz CT molecular complexity index is 602. The molecule has 0 aliphatic carbocycles. The smallest absolute Gasteiger partial charge is 0.326 e. The normalized spacial score (nSPS) is 16.0. The maximum Gasteiger partial charge on any atom is 0.326 e. The number of carboxylic acids is 2. The van der Waals surface area contributed by atoms with Crippen LogP contribution < -0.4 is 21.7 Å². The second-order valence-corrected chi connectivity index (χ2v) is 6.75. The molecule has 3 amide bonds. The predicted molar refractivity (Wildman–Crippen MR) is 103 cm³/mol.